The van der Waals surface area contributed by atoms with E-state index in [2.05, 4.69) is 0 Å². The summed E-state index contributed by atoms with van der Waals surface area (Å²) >= 11 is 0. The van der Waals surface area contributed by atoms with E-state index in [1.165, 1.54) is 6.07 Å². The standard InChI is InChI=1S/C12H17NO4/c1-13(8-12(16)6-2-3-7-12)10-5-4-9(17-10)11(14)15/h4-5,16H,2-3,6-8H2,1H3,(H,14,15). The molecule has 0 atom stereocenters. The zero-order valence-electron chi connectivity index (χ0n) is 9.85. The van der Waals surface area contributed by atoms with Crippen LogP contribution in [0.5, 0.6) is 0 Å². The molecule has 0 radical (unpaired) electrons. The number of rotatable bonds is 4. The van der Waals surface area contributed by atoms with Crippen LogP contribution in [0.1, 0.15) is 36.2 Å². The molecule has 1 aliphatic carbocycles. The molecule has 1 aromatic rings. The largest absolute Gasteiger partial charge is 0.475 e. The predicted octanol–water partition coefficient (Wildman–Crippen LogP) is 1.72. The number of hydrogen-bond acceptors (Lipinski definition) is 4. The predicted molar refractivity (Wildman–Crippen MR) is 62.4 cm³/mol. The molecular formula is C12H17NO4. The van der Waals surface area contributed by atoms with Gasteiger partial charge in [0.05, 0.1) is 5.60 Å². The maximum atomic E-state index is 10.7. The Morgan fingerprint density at radius 2 is 2.12 bits per heavy atom. The first kappa shape index (κ1) is 12.0. The zero-order valence-corrected chi connectivity index (χ0v) is 9.85. The molecule has 17 heavy (non-hydrogen) atoms. The van der Waals surface area contributed by atoms with Crippen molar-refractivity contribution in [1.82, 2.24) is 0 Å². The summed E-state index contributed by atoms with van der Waals surface area (Å²) in [6, 6.07) is 3.04. The summed E-state index contributed by atoms with van der Waals surface area (Å²) in [4.78, 5) is 12.4. The van der Waals surface area contributed by atoms with Crippen molar-refractivity contribution in [1.29, 1.82) is 0 Å². The number of nitrogens with zero attached hydrogens (tertiary/aromatic N) is 1. The molecule has 0 bridgehead atoms. The quantitative estimate of drug-likeness (QED) is 0.836. The van der Waals surface area contributed by atoms with Crippen molar-refractivity contribution in [3.63, 3.8) is 0 Å². The van der Waals surface area contributed by atoms with Gasteiger partial charge in [-0.2, -0.15) is 0 Å². The number of carbonyl (C=O) groups is 1. The van der Waals surface area contributed by atoms with Gasteiger partial charge in [-0.3, -0.25) is 0 Å². The summed E-state index contributed by atoms with van der Waals surface area (Å²) in [5, 5.41) is 19.0. The van der Waals surface area contributed by atoms with E-state index >= 15 is 0 Å². The van der Waals surface area contributed by atoms with Gasteiger partial charge in [0.1, 0.15) is 0 Å². The second-order valence-electron chi connectivity index (χ2n) is 4.73. The van der Waals surface area contributed by atoms with Crippen LogP contribution in [0.2, 0.25) is 0 Å². The molecular weight excluding hydrogens is 222 g/mol. The number of furan rings is 1. The van der Waals surface area contributed by atoms with Gasteiger partial charge < -0.3 is 19.5 Å². The molecule has 94 valence electrons. The van der Waals surface area contributed by atoms with Crippen molar-refractivity contribution in [2.24, 2.45) is 0 Å². The molecule has 1 saturated carbocycles. The first-order valence-electron chi connectivity index (χ1n) is 5.77. The van der Waals surface area contributed by atoms with E-state index in [-0.39, 0.29) is 5.76 Å². The highest BCUT2D eigenvalue weighted by Gasteiger charge is 2.32. The summed E-state index contributed by atoms with van der Waals surface area (Å²) in [6.07, 6.45) is 3.68. The van der Waals surface area contributed by atoms with Gasteiger partial charge in [-0.1, -0.05) is 12.8 Å². The first-order chi connectivity index (χ1) is 8.00. The van der Waals surface area contributed by atoms with Crippen LogP contribution >= 0.6 is 0 Å². The minimum absolute atomic E-state index is 0.0785. The van der Waals surface area contributed by atoms with Gasteiger partial charge in [0, 0.05) is 19.7 Å². The highest BCUT2D eigenvalue weighted by Crippen LogP contribution is 2.31. The highest BCUT2D eigenvalue weighted by atomic mass is 16.4. The third-order valence-corrected chi connectivity index (χ3v) is 3.24. The van der Waals surface area contributed by atoms with Gasteiger partial charge in [-0.05, 0) is 18.9 Å². The normalized spacial score (nSPS) is 18.2. The second kappa shape index (κ2) is 4.41. The van der Waals surface area contributed by atoms with Crippen LogP contribution in [0.4, 0.5) is 5.88 Å². The second-order valence-corrected chi connectivity index (χ2v) is 4.73. The Kier molecular flexibility index (Phi) is 3.11. The lowest BCUT2D eigenvalue weighted by Gasteiger charge is -2.28. The lowest BCUT2D eigenvalue weighted by molar-refractivity contribution is 0.0550. The number of anilines is 1. The molecule has 2 N–H and O–H groups in total. The number of aromatic carboxylic acids is 1. The molecule has 0 amide bonds. The Balaban J connectivity index is 2.03. The number of likely N-dealkylation sites (N-methyl/N-ethyl adjacent to an activating group) is 1. The number of aliphatic hydroxyl groups is 1. The average molecular weight is 239 g/mol. The Morgan fingerprint density at radius 1 is 1.47 bits per heavy atom. The summed E-state index contributed by atoms with van der Waals surface area (Å²) < 4.78 is 5.18. The Morgan fingerprint density at radius 3 is 2.65 bits per heavy atom. The molecule has 0 saturated heterocycles. The van der Waals surface area contributed by atoms with Crippen molar-refractivity contribution >= 4 is 11.9 Å². The van der Waals surface area contributed by atoms with Crippen molar-refractivity contribution in [2.75, 3.05) is 18.5 Å². The van der Waals surface area contributed by atoms with E-state index in [0.717, 1.165) is 25.7 Å². The van der Waals surface area contributed by atoms with Crippen molar-refractivity contribution < 1.29 is 19.4 Å². The Hall–Kier alpha value is -1.49. The summed E-state index contributed by atoms with van der Waals surface area (Å²) in [5.74, 6) is -0.683. The third kappa shape index (κ3) is 2.61. The highest BCUT2D eigenvalue weighted by molar-refractivity contribution is 5.84. The lowest BCUT2D eigenvalue weighted by Crippen LogP contribution is -2.39. The van der Waals surface area contributed by atoms with Crippen LogP contribution in [0.3, 0.4) is 0 Å². The Labute approximate surface area is 99.6 Å². The lowest BCUT2D eigenvalue weighted by atomic mass is 10.0. The maximum Gasteiger partial charge on any atom is 0.371 e. The van der Waals surface area contributed by atoms with Crippen molar-refractivity contribution in [2.45, 2.75) is 31.3 Å². The van der Waals surface area contributed by atoms with E-state index < -0.39 is 11.6 Å². The smallest absolute Gasteiger partial charge is 0.371 e. The SMILES string of the molecule is CN(CC1(O)CCCC1)c1ccc(C(=O)O)o1. The van der Waals surface area contributed by atoms with Crippen molar-refractivity contribution in [3.05, 3.63) is 17.9 Å². The first-order valence-corrected chi connectivity index (χ1v) is 5.77. The third-order valence-electron chi connectivity index (χ3n) is 3.24. The zero-order chi connectivity index (χ0) is 12.5. The molecule has 2 rings (SSSR count). The van der Waals surface area contributed by atoms with Crippen LogP contribution < -0.4 is 4.90 Å². The van der Waals surface area contributed by atoms with Crippen molar-refractivity contribution in [3.8, 4) is 0 Å². The van der Waals surface area contributed by atoms with Gasteiger partial charge in [0.25, 0.3) is 0 Å². The van der Waals surface area contributed by atoms with Gasteiger partial charge in [-0.15, -0.1) is 0 Å². The van der Waals surface area contributed by atoms with E-state index in [1.807, 2.05) is 0 Å². The monoisotopic (exact) mass is 239 g/mol. The van der Waals surface area contributed by atoms with Crippen LogP contribution in [-0.4, -0.2) is 35.4 Å². The van der Waals surface area contributed by atoms with Gasteiger partial charge >= 0.3 is 5.97 Å². The minimum Gasteiger partial charge on any atom is -0.475 e. The van der Waals surface area contributed by atoms with Gasteiger partial charge in [-0.25, -0.2) is 4.79 Å². The van der Waals surface area contributed by atoms with Crippen LogP contribution in [-0.2, 0) is 0 Å². The minimum atomic E-state index is -1.08. The van der Waals surface area contributed by atoms with Crippen LogP contribution in [0.15, 0.2) is 16.5 Å². The molecule has 5 nitrogen and oxygen atoms in total. The molecule has 5 heteroatoms. The fourth-order valence-corrected chi connectivity index (χ4v) is 2.36. The van der Waals surface area contributed by atoms with Gasteiger partial charge in [0.2, 0.25) is 5.76 Å². The molecule has 0 unspecified atom stereocenters. The topological polar surface area (TPSA) is 73.9 Å². The average Bonchev–Trinajstić information content (AvgIpc) is 2.86. The van der Waals surface area contributed by atoms with E-state index in [0.29, 0.717) is 12.4 Å². The number of hydrogen-bond donors (Lipinski definition) is 2. The Bertz CT molecular complexity index is 406. The molecule has 1 aliphatic rings. The fourth-order valence-electron chi connectivity index (χ4n) is 2.36. The van der Waals surface area contributed by atoms with Crippen LogP contribution in [0, 0.1) is 0 Å². The van der Waals surface area contributed by atoms with E-state index in [1.54, 1.807) is 18.0 Å². The van der Waals surface area contributed by atoms with Crippen LogP contribution in [0.25, 0.3) is 0 Å². The maximum absolute atomic E-state index is 10.7. The van der Waals surface area contributed by atoms with Gasteiger partial charge in [0.15, 0.2) is 5.88 Å². The van der Waals surface area contributed by atoms with E-state index in [9.17, 15) is 9.90 Å². The number of carboxylic acids is 1. The molecule has 0 aromatic carbocycles. The van der Waals surface area contributed by atoms with E-state index in [4.69, 9.17) is 9.52 Å². The summed E-state index contributed by atoms with van der Waals surface area (Å²) in [5.41, 5.74) is -0.662. The molecule has 0 aliphatic heterocycles. The molecule has 0 spiro atoms. The fraction of sp³-hybridized carbons (Fsp3) is 0.583. The summed E-state index contributed by atoms with van der Waals surface area (Å²) in [6.45, 7) is 0.472. The summed E-state index contributed by atoms with van der Waals surface area (Å²) in [7, 11) is 1.79. The molecule has 1 fully saturated rings. The molecule has 1 heterocycles. The molecule has 1 aromatic heterocycles. The number of carboxylic acid groups (broad SMARTS) is 1.